The topological polar surface area (TPSA) is 26.3 Å². The molecule has 0 N–H and O–H groups in total. The first kappa shape index (κ1) is 13.0. The molecule has 0 amide bonds. The van der Waals surface area contributed by atoms with Crippen molar-refractivity contribution in [3.63, 3.8) is 0 Å². The number of ether oxygens (including phenoxy) is 1. The summed E-state index contributed by atoms with van der Waals surface area (Å²) < 4.78 is 5.44. The molecule has 0 saturated heterocycles. The van der Waals surface area contributed by atoms with Crippen molar-refractivity contribution in [3.8, 4) is 0 Å². The molecule has 0 atom stereocenters. The van der Waals surface area contributed by atoms with E-state index in [0.717, 1.165) is 17.5 Å². The van der Waals surface area contributed by atoms with Crippen molar-refractivity contribution in [1.29, 1.82) is 0 Å². The Labute approximate surface area is 111 Å². The van der Waals surface area contributed by atoms with E-state index in [1.807, 2.05) is 42.6 Å². The van der Waals surface area contributed by atoms with Gasteiger partial charge in [-0.1, -0.05) is 30.3 Å². The maximum Gasteiger partial charge on any atom is 0.188 e. The molecule has 0 aliphatic heterocycles. The molecule has 0 radical (unpaired) electrons. The zero-order valence-electron chi connectivity index (χ0n) is 10.4. The predicted molar refractivity (Wildman–Crippen MR) is 74.4 cm³/mol. The van der Waals surface area contributed by atoms with Crippen molar-refractivity contribution in [2.24, 2.45) is 0 Å². The van der Waals surface area contributed by atoms with Crippen molar-refractivity contribution in [2.45, 2.75) is 13.3 Å². The smallest absolute Gasteiger partial charge is 0.188 e. The van der Waals surface area contributed by atoms with Crippen LogP contribution in [0.1, 0.15) is 20.8 Å². The summed E-state index contributed by atoms with van der Waals surface area (Å²) in [6, 6.07) is 11.7. The number of carbonyl (C=O) groups excluding carboxylic acids is 1. The summed E-state index contributed by atoms with van der Waals surface area (Å²) >= 11 is 1.72. The standard InChI is InChI=1S/C15H16O2S/c1-12-5-2-3-7-14(12)15(16)11-17-9-8-13-6-4-10-18-13/h2-7,10H,8-9,11H2,1H3. The van der Waals surface area contributed by atoms with Gasteiger partial charge in [0.1, 0.15) is 6.61 Å². The van der Waals surface area contributed by atoms with E-state index in [4.69, 9.17) is 4.74 Å². The van der Waals surface area contributed by atoms with E-state index in [9.17, 15) is 4.79 Å². The Hall–Kier alpha value is -1.45. The van der Waals surface area contributed by atoms with Crippen LogP contribution >= 0.6 is 11.3 Å². The lowest BCUT2D eigenvalue weighted by molar-refractivity contribution is 0.0766. The molecule has 0 aliphatic carbocycles. The predicted octanol–water partition coefficient (Wildman–Crippen LogP) is 3.50. The van der Waals surface area contributed by atoms with Crippen molar-refractivity contribution >= 4 is 17.1 Å². The lowest BCUT2D eigenvalue weighted by atomic mass is 10.1. The molecule has 0 fully saturated rings. The average molecular weight is 260 g/mol. The van der Waals surface area contributed by atoms with Gasteiger partial charge in [-0.3, -0.25) is 4.79 Å². The van der Waals surface area contributed by atoms with Crippen molar-refractivity contribution in [3.05, 3.63) is 57.8 Å². The summed E-state index contributed by atoms with van der Waals surface area (Å²) in [7, 11) is 0. The first-order valence-corrected chi connectivity index (χ1v) is 6.84. The van der Waals surface area contributed by atoms with Crippen LogP contribution in [-0.4, -0.2) is 19.0 Å². The zero-order valence-corrected chi connectivity index (χ0v) is 11.2. The van der Waals surface area contributed by atoms with Crippen LogP contribution in [-0.2, 0) is 11.2 Å². The highest BCUT2D eigenvalue weighted by atomic mass is 32.1. The van der Waals surface area contributed by atoms with E-state index in [0.29, 0.717) is 6.61 Å². The second-order valence-corrected chi connectivity index (χ2v) is 5.15. The van der Waals surface area contributed by atoms with Crippen LogP contribution in [0.25, 0.3) is 0 Å². The van der Waals surface area contributed by atoms with Gasteiger partial charge in [0.15, 0.2) is 5.78 Å². The zero-order chi connectivity index (χ0) is 12.8. The fourth-order valence-electron chi connectivity index (χ4n) is 1.76. The molecule has 1 aromatic heterocycles. The Morgan fingerprint density at radius 3 is 2.78 bits per heavy atom. The number of hydrogen-bond donors (Lipinski definition) is 0. The average Bonchev–Trinajstić information content (AvgIpc) is 2.88. The number of benzene rings is 1. The second kappa shape index (κ2) is 6.47. The number of Topliss-reactive ketones (excluding diaryl/α,β-unsaturated/α-hetero) is 1. The quantitative estimate of drug-likeness (QED) is 0.587. The minimum absolute atomic E-state index is 0.0549. The van der Waals surface area contributed by atoms with Crippen LogP contribution in [0, 0.1) is 6.92 Å². The van der Waals surface area contributed by atoms with Crippen LogP contribution in [0.15, 0.2) is 41.8 Å². The number of hydrogen-bond acceptors (Lipinski definition) is 3. The molecule has 0 spiro atoms. The van der Waals surface area contributed by atoms with E-state index < -0.39 is 0 Å². The van der Waals surface area contributed by atoms with Crippen molar-refractivity contribution < 1.29 is 9.53 Å². The highest BCUT2D eigenvalue weighted by Gasteiger charge is 2.08. The van der Waals surface area contributed by atoms with Gasteiger partial charge in [0.25, 0.3) is 0 Å². The number of thiophene rings is 1. The lowest BCUT2D eigenvalue weighted by Crippen LogP contribution is -2.11. The van der Waals surface area contributed by atoms with E-state index in [2.05, 4.69) is 6.07 Å². The summed E-state index contributed by atoms with van der Waals surface area (Å²) in [5.74, 6) is 0.0549. The third-order valence-electron chi connectivity index (χ3n) is 2.75. The van der Waals surface area contributed by atoms with Crippen molar-refractivity contribution in [1.82, 2.24) is 0 Å². The lowest BCUT2D eigenvalue weighted by Gasteiger charge is -2.05. The van der Waals surface area contributed by atoms with Crippen LogP contribution in [0.4, 0.5) is 0 Å². The highest BCUT2D eigenvalue weighted by molar-refractivity contribution is 7.09. The first-order valence-electron chi connectivity index (χ1n) is 5.96. The monoisotopic (exact) mass is 260 g/mol. The maximum absolute atomic E-state index is 11.9. The SMILES string of the molecule is Cc1ccccc1C(=O)COCCc1cccs1. The fraction of sp³-hybridized carbons (Fsp3) is 0.267. The molecular weight excluding hydrogens is 244 g/mol. The molecule has 2 nitrogen and oxygen atoms in total. The molecule has 2 rings (SSSR count). The van der Waals surface area contributed by atoms with Gasteiger partial charge in [0.05, 0.1) is 6.61 Å². The molecular formula is C15H16O2S. The van der Waals surface area contributed by atoms with Gasteiger partial charge in [-0.2, -0.15) is 0 Å². The number of aryl methyl sites for hydroxylation is 1. The fourth-order valence-corrected chi connectivity index (χ4v) is 2.45. The normalized spacial score (nSPS) is 10.5. The van der Waals surface area contributed by atoms with Gasteiger partial charge in [0, 0.05) is 16.9 Å². The van der Waals surface area contributed by atoms with E-state index in [-0.39, 0.29) is 12.4 Å². The Kier molecular flexibility index (Phi) is 4.67. The Balaban J connectivity index is 1.77. The van der Waals surface area contributed by atoms with Gasteiger partial charge >= 0.3 is 0 Å². The molecule has 3 heteroatoms. The molecule has 94 valence electrons. The number of carbonyl (C=O) groups is 1. The molecule has 1 aromatic carbocycles. The maximum atomic E-state index is 11.9. The van der Waals surface area contributed by atoms with Gasteiger partial charge in [0.2, 0.25) is 0 Å². The molecule has 0 saturated carbocycles. The second-order valence-electron chi connectivity index (χ2n) is 4.12. The van der Waals surface area contributed by atoms with Crippen LogP contribution in [0.3, 0.4) is 0 Å². The first-order chi connectivity index (χ1) is 8.77. The molecule has 0 aliphatic rings. The van der Waals surface area contributed by atoms with E-state index >= 15 is 0 Å². The number of ketones is 1. The Morgan fingerprint density at radius 2 is 2.06 bits per heavy atom. The van der Waals surface area contributed by atoms with Crippen LogP contribution in [0.2, 0.25) is 0 Å². The van der Waals surface area contributed by atoms with Crippen molar-refractivity contribution in [2.75, 3.05) is 13.2 Å². The minimum Gasteiger partial charge on any atom is -0.373 e. The van der Waals surface area contributed by atoms with E-state index in [1.165, 1.54) is 4.88 Å². The Morgan fingerprint density at radius 1 is 1.22 bits per heavy atom. The third kappa shape index (κ3) is 3.52. The van der Waals surface area contributed by atoms with E-state index in [1.54, 1.807) is 11.3 Å². The van der Waals surface area contributed by atoms with Gasteiger partial charge < -0.3 is 4.74 Å². The summed E-state index contributed by atoms with van der Waals surface area (Å²) in [5, 5.41) is 2.05. The van der Waals surface area contributed by atoms with Gasteiger partial charge in [-0.25, -0.2) is 0 Å². The van der Waals surface area contributed by atoms with Crippen LogP contribution in [0.5, 0.6) is 0 Å². The molecule has 18 heavy (non-hydrogen) atoms. The number of rotatable bonds is 6. The largest absolute Gasteiger partial charge is 0.373 e. The molecule has 2 aromatic rings. The van der Waals surface area contributed by atoms with Gasteiger partial charge in [-0.05, 0) is 23.9 Å². The summed E-state index contributed by atoms with van der Waals surface area (Å²) in [6.45, 7) is 2.70. The third-order valence-corrected chi connectivity index (χ3v) is 3.69. The minimum atomic E-state index is 0.0549. The molecule has 1 heterocycles. The summed E-state index contributed by atoms with van der Waals surface area (Å²) in [4.78, 5) is 13.2. The molecule has 0 unspecified atom stereocenters. The molecule has 0 bridgehead atoms. The summed E-state index contributed by atoms with van der Waals surface area (Å²) in [5.41, 5.74) is 1.76. The highest BCUT2D eigenvalue weighted by Crippen LogP contribution is 2.10. The summed E-state index contributed by atoms with van der Waals surface area (Å²) in [6.07, 6.45) is 0.874. The van der Waals surface area contributed by atoms with Gasteiger partial charge in [-0.15, -0.1) is 11.3 Å². The van der Waals surface area contributed by atoms with Crippen LogP contribution < -0.4 is 0 Å². The Bertz CT molecular complexity index is 503.